The van der Waals surface area contributed by atoms with Crippen LogP contribution < -0.4 is 0 Å². The second-order valence-electron chi connectivity index (χ2n) is 6.22. The van der Waals surface area contributed by atoms with Crippen LogP contribution in [-0.2, 0) is 19.4 Å². The Hall–Kier alpha value is -0.830. The smallest absolute Gasteiger partial charge is 0.141 e. The van der Waals surface area contributed by atoms with Gasteiger partial charge in [0, 0.05) is 31.5 Å². The lowest BCUT2D eigenvalue weighted by atomic mass is 9.91. The average molecular weight is 236 g/mol. The van der Waals surface area contributed by atoms with Gasteiger partial charge in [-0.1, -0.05) is 32.9 Å². The van der Waals surface area contributed by atoms with Crippen LogP contribution in [0.5, 0.6) is 0 Å². The second kappa shape index (κ2) is 4.81. The molecule has 0 aliphatic carbocycles. The molecule has 0 saturated heterocycles. The molecule has 96 valence electrons. The Balaban J connectivity index is 1.98. The molecule has 3 nitrogen and oxygen atoms in total. The third-order valence-corrected chi connectivity index (χ3v) is 3.50. The molecule has 1 aromatic rings. The summed E-state index contributed by atoms with van der Waals surface area (Å²) in [7, 11) is 0. The largest absolute Gasteiger partial charge is 0.361 e. The van der Waals surface area contributed by atoms with Crippen molar-refractivity contribution < 1.29 is 4.52 Å². The van der Waals surface area contributed by atoms with Gasteiger partial charge >= 0.3 is 0 Å². The normalized spacial score (nSPS) is 17.2. The fourth-order valence-corrected chi connectivity index (χ4v) is 2.29. The van der Waals surface area contributed by atoms with E-state index in [1.807, 2.05) is 0 Å². The van der Waals surface area contributed by atoms with Crippen molar-refractivity contribution in [3.8, 4) is 0 Å². The number of fused-ring (bicyclic) bond motifs is 1. The minimum absolute atomic E-state index is 0.419. The van der Waals surface area contributed by atoms with Crippen LogP contribution in [0.4, 0.5) is 0 Å². The van der Waals surface area contributed by atoms with Gasteiger partial charge in [0.15, 0.2) is 0 Å². The standard InChI is InChI=1S/C14H24N2O/c1-5-13-11-10-16(9-7-14(2,3)4)8-6-12(11)15-17-13/h5-10H2,1-4H3. The van der Waals surface area contributed by atoms with Gasteiger partial charge in [-0.15, -0.1) is 0 Å². The summed E-state index contributed by atoms with van der Waals surface area (Å²) in [4.78, 5) is 2.53. The van der Waals surface area contributed by atoms with E-state index in [0.29, 0.717) is 5.41 Å². The quantitative estimate of drug-likeness (QED) is 0.808. The molecule has 2 rings (SSSR count). The summed E-state index contributed by atoms with van der Waals surface area (Å²) in [5.74, 6) is 1.08. The van der Waals surface area contributed by atoms with Gasteiger partial charge in [-0.3, -0.25) is 4.90 Å². The highest BCUT2D eigenvalue weighted by Crippen LogP contribution is 2.25. The van der Waals surface area contributed by atoms with Crippen LogP contribution in [0, 0.1) is 5.41 Å². The summed E-state index contributed by atoms with van der Waals surface area (Å²) in [6.45, 7) is 12.4. The summed E-state index contributed by atoms with van der Waals surface area (Å²) < 4.78 is 5.38. The zero-order chi connectivity index (χ0) is 12.5. The van der Waals surface area contributed by atoms with Crippen molar-refractivity contribution in [1.29, 1.82) is 0 Å². The number of aromatic nitrogens is 1. The number of rotatable bonds is 3. The number of nitrogens with zero attached hydrogens (tertiary/aromatic N) is 2. The van der Waals surface area contributed by atoms with E-state index >= 15 is 0 Å². The molecular weight excluding hydrogens is 212 g/mol. The molecule has 3 heteroatoms. The van der Waals surface area contributed by atoms with E-state index in [0.717, 1.165) is 31.7 Å². The first-order valence-corrected chi connectivity index (χ1v) is 6.68. The molecule has 0 unspecified atom stereocenters. The molecule has 1 aliphatic rings. The Labute approximate surface area is 104 Å². The molecule has 1 aromatic heterocycles. The van der Waals surface area contributed by atoms with Gasteiger partial charge in [0.25, 0.3) is 0 Å². The van der Waals surface area contributed by atoms with Crippen LogP contribution >= 0.6 is 0 Å². The Kier molecular flexibility index (Phi) is 3.57. The Morgan fingerprint density at radius 3 is 2.76 bits per heavy atom. The van der Waals surface area contributed by atoms with Gasteiger partial charge in [-0.05, 0) is 18.4 Å². The third-order valence-electron chi connectivity index (χ3n) is 3.50. The third kappa shape index (κ3) is 3.09. The molecule has 0 saturated carbocycles. The number of aryl methyl sites for hydroxylation is 1. The Morgan fingerprint density at radius 1 is 1.35 bits per heavy atom. The second-order valence-corrected chi connectivity index (χ2v) is 6.22. The summed E-state index contributed by atoms with van der Waals surface area (Å²) in [5, 5.41) is 4.17. The zero-order valence-corrected chi connectivity index (χ0v) is 11.5. The predicted molar refractivity (Wildman–Crippen MR) is 68.9 cm³/mol. The molecule has 0 amide bonds. The van der Waals surface area contributed by atoms with Gasteiger partial charge in [-0.2, -0.15) is 0 Å². The van der Waals surface area contributed by atoms with Crippen molar-refractivity contribution in [3.63, 3.8) is 0 Å². The molecule has 0 aromatic carbocycles. The van der Waals surface area contributed by atoms with Crippen molar-refractivity contribution in [3.05, 3.63) is 17.0 Å². The van der Waals surface area contributed by atoms with Crippen LogP contribution in [0.3, 0.4) is 0 Å². The first kappa shape index (κ1) is 12.6. The molecule has 0 radical (unpaired) electrons. The average Bonchev–Trinajstić information content (AvgIpc) is 2.67. The highest BCUT2D eigenvalue weighted by atomic mass is 16.5. The molecule has 17 heavy (non-hydrogen) atoms. The minimum atomic E-state index is 0.419. The molecule has 0 bridgehead atoms. The summed E-state index contributed by atoms with van der Waals surface area (Å²) in [6, 6.07) is 0. The minimum Gasteiger partial charge on any atom is -0.361 e. The first-order chi connectivity index (χ1) is 7.99. The van der Waals surface area contributed by atoms with Crippen LogP contribution in [0.15, 0.2) is 4.52 Å². The van der Waals surface area contributed by atoms with Crippen molar-refractivity contribution in [1.82, 2.24) is 10.1 Å². The van der Waals surface area contributed by atoms with Crippen molar-refractivity contribution in [2.24, 2.45) is 5.41 Å². The number of hydrogen-bond donors (Lipinski definition) is 0. The molecule has 0 atom stereocenters. The van der Waals surface area contributed by atoms with Crippen molar-refractivity contribution in [2.45, 2.75) is 53.5 Å². The van der Waals surface area contributed by atoms with Gasteiger partial charge in [0.1, 0.15) is 5.76 Å². The molecule has 1 aliphatic heterocycles. The van der Waals surface area contributed by atoms with E-state index in [4.69, 9.17) is 4.52 Å². The topological polar surface area (TPSA) is 29.3 Å². The van der Waals surface area contributed by atoms with Crippen LogP contribution in [0.2, 0.25) is 0 Å². The molecular formula is C14H24N2O. The van der Waals surface area contributed by atoms with Gasteiger partial charge < -0.3 is 4.52 Å². The lowest BCUT2D eigenvalue weighted by molar-refractivity contribution is 0.212. The van der Waals surface area contributed by atoms with Crippen molar-refractivity contribution in [2.75, 3.05) is 13.1 Å². The fourth-order valence-electron chi connectivity index (χ4n) is 2.29. The van der Waals surface area contributed by atoms with E-state index in [9.17, 15) is 0 Å². The number of hydrogen-bond acceptors (Lipinski definition) is 3. The Morgan fingerprint density at radius 2 is 2.12 bits per heavy atom. The lowest BCUT2D eigenvalue weighted by Gasteiger charge is -2.29. The maximum atomic E-state index is 5.38. The van der Waals surface area contributed by atoms with E-state index in [1.54, 1.807) is 0 Å². The SMILES string of the molecule is CCc1onc2c1CN(CCC(C)(C)C)CC2. The van der Waals surface area contributed by atoms with E-state index in [-0.39, 0.29) is 0 Å². The maximum Gasteiger partial charge on any atom is 0.141 e. The van der Waals surface area contributed by atoms with Gasteiger partial charge in [0.05, 0.1) is 5.69 Å². The van der Waals surface area contributed by atoms with Crippen LogP contribution in [-0.4, -0.2) is 23.1 Å². The highest BCUT2D eigenvalue weighted by Gasteiger charge is 2.23. The van der Waals surface area contributed by atoms with Crippen LogP contribution in [0.25, 0.3) is 0 Å². The van der Waals surface area contributed by atoms with Gasteiger partial charge in [-0.25, -0.2) is 0 Å². The van der Waals surface area contributed by atoms with E-state index < -0.39 is 0 Å². The fraction of sp³-hybridized carbons (Fsp3) is 0.786. The zero-order valence-electron chi connectivity index (χ0n) is 11.5. The van der Waals surface area contributed by atoms with Gasteiger partial charge in [0.2, 0.25) is 0 Å². The monoisotopic (exact) mass is 236 g/mol. The highest BCUT2D eigenvalue weighted by molar-refractivity contribution is 5.25. The van der Waals surface area contributed by atoms with E-state index in [1.165, 1.54) is 24.2 Å². The first-order valence-electron chi connectivity index (χ1n) is 6.68. The van der Waals surface area contributed by atoms with Crippen LogP contribution in [0.1, 0.15) is 51.1 Å². The summed E-state index contributed by atoms with van der Waals surface area (Å²) in [5.41, 5.74) is 2.96. The maximum absolute atomic E-state index is 5.38. The summed E-state index contributed by atoms with van der Waals surface area (Å²) in [6.07, 6.45) is 3.24. The molecule has 2 heterocycles. The lowest BCUT2D eigenvalue weighted by Crippen LogP contribution is -2.33. The Bertz CT molecular complexity index is 363. The van der Waals surface area contributed by atoms with E-state index in [2.05, 4.69) is 37.8 Å². The summed E-state index contributed by atoms with van der Waals surface area (Å²) >= 11 is 0. The predicted octanol–water partition coefficient (Wildman–Crippen LogP) is 3.03. The van der Waals surface area contributed by atoms with Crippen molar-refractivity contribution >= 4 is 0 Å². The molecule has 0 N–H and O–H groups in total. The molecule has 0 spiro atoms. The molecule has 0 fully saturated rings.